The van der Waals surface area contributed by atoms with Crippen LogP contribution in [0.15, 0.2) is 89.5 Å². The fourth-order valence-corrected chi connectivity index (χ4v) is 4.14. The molecule has 5 rings (SSSR count). The van der Waals surface area contributed by atoms with E-state index < -0.39 is 0 Å². The maximum Gasteiger partial charge on any atom is 0.162 e. The number of pyridine rings is 1. The van der Waals surface area contributed by atoms with E-state index in [0.29, 0.717) is 5.92 Å². The summed E-state index contributed by atoms with van der Waals surface area (Å²) in [6.45, 7) is 10.7. The lowest BCUT2D eigenvalue weighted by Crippen LogP contribution is -2.31. The smallest absolute Gasteiger partial charge is 0.162 e. The molecule has 1 aromatic carbocycles. The van der Waals surface area contributed by atoms with Crippen molar-refractivity contribution in [3.63, 3.8) is 0 Å². The maximum absolute atomic E-state index is 4.35. The number of benzene rings is 1. The van der Waals surface area contributed by atoms with E-state index in [1.165, 1.54) is 33.3 Å². The van der Waals surface area contributed by atoms with Crippen molar-refractivity contribution in [3.8, 4) is 11.3 Å². The van der Waals surface area contributed by atoms with Crippen molar-refractivity contribution in [2.45, 2.75) is 46.3 Å². The number of allylic oxidation sites excluding steroid dienone is 4. The quantitative estimate of drug-likeness (QED) is 0.381. The molecule has 0 saturated carbocycles. The number of nitrogens with one attached hydrogen (secondary N) is 2. The zero-order valence-corrected chi connectivity index (χ0v) is 20.8. The molecule has 6 heteroatoms. The Bertz CT molecular complexity index is 1280. The van der Waals surface area contributed by atoms with Crippen LogP contribution in [0.25, 0.3) is 34.3 Å². The molecule has 1 atom stereocenters. The monoisotopic (exact) mass is 466 g/mol. The Morgan fingerprint density at radius 2 is 2.06 bits per heavy atom. The van der Waals surface area contributed by atoms with Crippen molar-refractivity contribution in [1.82, 2.24) is 20.5 Å². The van der Waals surface area contributed by atoms with Crippen LogP contribution in [0.3, 0.4) is 0 Å². The lowest BCUT2D eigenvalue weighted by atomic mass is 10.0. The van der Waals surface area contributed by atoms with Gasteiger partial charge in [-0.3, -0.25) is 4.98 Å². The summed E-state index contributed by atoms with van der Waals surface area (Å²) >= 11 is 0. The molecule has 3 aromatic rings. The van der Waals surface area contributed by atoms with E-state index in [4.69, 9.17) is 0 Å². The number of aromatic nitrogens is 2. The Morgan fingerprint density at radius 1 is 1.23 bits per heavy atom. The van der Waals surface area contributed by atoms with E-state index in [-0.39, 0.29) is 6.17 Å². The van der Waals surface area contributed by atoms with Gasteiger partial charge in [0.15, 0.2) is 6.17 Å². The molecule has 0 amide bonds. The lowest BCUT2D eigenvalue weighted by Gasteiger charge is -2.13. The van der Waals surface area contributed by atoms with E-state index in [9.17, 15) is 0 Å². The Morgan fingerprint density at radius 3 is 2.74 bits per heavy atom. The summed E-state index contributed by atoms with van der Waals surface area (Å²) in [6, 6.07) is 10.8. The van der Waals surface area contributed by atoms with Gasteiger partial charge >= 0.3 is 0 Å². The van der Waals surface area contributed by atoms with Gasteiger partial charge in [0.1, 0.15) is 0 Å². The topological polar surface area (TPSA) is 66.6 Å². The number of hydrogen-bond donors (Lipinski definition) is 2. The van der Waals surface area contributed by atoms with Gasteiger partial charge in [-0.2, -0.15) is 5.43 Å². The Balaban J connectivity index is 0.000000527. The third-order valence-corrected chi connectivity index (χ3v) is 6.16. The summed E-state index contributed by atoms with van der Waals surface area (Å²) in [4.78, 5) is 4.35. The first kappa shape index (κ1) is 24.4. The number of nitrogens with zero attached hydrogens (tertiary/aromatic N) is 4. The van der Waals surface area contributed by atoms with Crippen molar-refractivity contribution in [2.75, 3.05) is 0 Å². The zero-order chi connectivity index (χ0) is 24.6. The van der Waals surface area contributed by atoms with Gasteiger partial charge in [-0.1, -0.05) is 68.5 Å². The van der Waals surface area contributed by atoms with Crippen LogP contribution in [0.1, 0.15) is 44.7 Å². The van der Waals surface area contributed by atoms with Crippen molar-refractivity contribution in [3.05, 3.63) is 90.3 Å². The van der Waals surface area contributed by atoms with Crippen LogP contribution < -0.4 is 11.0 Å². The molecule has 0 fully saturated rings. The maximum atomic E-state index is 4.35. The van der Waals surface area contributed by atoms with Gasteiger partial charge in [-0.15, -0.1) is 11.7 Å². The largest absolute Gasteiger partial charge is 0.337 e. The Kier molecular flexibility index (Phi) is 8.06. The molecule has 1 aliphatic heterocycles. The summed E-state index contributed by atoms with van der Waals surface area (Å²) in [5, 5.41) is 9.33. The lowest BCUT2D eigenvalue weighted by molar-refractivity contribution is 0.567. The third kappa shape index (κ3) is 5.66. The number of rotatable bonds is 6. The van der Waals surface area contributed by atoms with Gasteiger partial charge in [0.2, 0.25) is 0 Å². The summed E-state index contributed by atoms with van der Waals surface area (Å²) in [5.41, 5.74) is 13.1. The van der Waals surface area contributed by atoms with Gasteiger partial charge in [0, 0.05) is 35.4 Å². The fourth-order valence-electron chi connectivity index (χ4n) is 4.14. The van der Waals surface area contributed by atoms with Crippen molar-refractivity contribution < 1.29 is 0 Å². The van der Waals surface area contributed by atoms with Gasteiger partial charge in [-0.25, -0.2) is 5.53 Å². The van der Waals surface area contributed by atoms with Crippen LogP contribution >= 0.6 is 0 Å². The van der Waals surface area contributed by atoms with E-state index >= 15 is 0 Å². The van der Waals surface area contributed by atoms with Crippen LogP contribution in [0.5, 0.6) is 0 Å². The second kappa shape index (κ2) is 11.6. The second-order valence-electron chi connectivity index (χ2n) is 8.91. The highest BCUT2D eigenvalue weighted by Crippen LogP contribution is 2.34. The molecular weight excluding hydrogens is 432 g/mol. The molecular formula is C29H34N6. The van der Waals surface area contributed by atoms with E-state index in [1.54, 1.807) is 0 Å². The number of hydrogen-bond acceptors (Lipinski definition) is 5. The van der Waals surface area contributed by atoms with Crippen molar-refractivity contribution >= 4 is 23.1 Å². The van der Waals surface area contributed by atoms with Crippen molar-refractivity contribution in [1.29, 1.82) is 0 Å². The molecule has 1 aliphatic carbocycles. The summed E-state index contributed by atoms with van der Waals surface area (Å²) < 4.78 is 2.37. The normalized spacial score (nSPS) is 16.6. The van der Waals surface area contributed by atoms with Crippen LogP contribution in [-0.4, -0.2) is 15.7 Å². The van der Waals surface area contributed by atoms with Crippen LogP contribution in [-0.2, 0) is 6.54 Å². The molecule has 0 spiro atoms. The minimum Gasteiger partial charge on any atom is -0.337 e. The summed E-state index contributed by atoms with van der Waals surface area (Å²) in [5.74, 6) is 0.648. The molecule has 180 valence electrons. The first-order valence-electron chi connectivity index (χ1n) is 12.2. The molecule has 0 bridgehead atoms. The average molecular weight is 467 g/mol. The number of hydrazine groups is 1. The van der Waals surface area contributed by atoms with Gasteiger partial charge in [0.25, 0.3) is 0 Å². The second-order valence-corrected chi connectivity index (χ2v) is 8.91. The van der Waals surface area contributed by atoms with E-state index in [2.05, 4.69) is 113 Å². The Hall–Kier alpha value is -3.77. The summed E-state index contributed by atoms with van der Waals surface area (Å²) in [7, 11) is 0. The standard InChI is InChI=1S/C24H24N6.C5H10/c1-2-17(24-26-28-29-27-24)12-14-30-22-11-10-18-7-4-3-5-9-20(18)21(22)15-23(30)19-8-6-13-25-16-19;1-4-5(2)3/h4-13,15-16,24H,2-3,14H2,1H3,(H,26,29)(H,27,28);4-5H,1H2,2-3H3/b17-12+;. The van der Waals surface area contributed by atoms with Crippen molar-refractivity contribution in [2.24, 2.45) is 16.3 Å². The molecule has 0 radical (unpaired) electrons. The average Bonchev–Trinajstić information content (AvgIpc) is 3.48. The third-order valence-electron chi connectivity index (χ3n) is 6.16. The Labute approximate surface area is 207 Å². The first-order chi connectivity index (χ1) is 17.1. The van der Waals surface area contributed by atoms with Crippen LogP contribution in [0, 0.1) is 5.92 Å². The molecule has 0 saturated heterocycles. The molecule has 2 N–H and O–H groups in total. The minimum atomic E-state index is -0.108. The van der Waals surface area contributed by atoms with E-state index in [0.717, 1.165) is 24.9 Å². The molecule has 6 nitrogen and oxygen atoms in total. The fraction of sp³-hybridized carbons (Fsp3) is 0.276. The predicted octanol–water partition coefficient (Wildman–Crippen LogP) is 7.10. The zero-order valence-electron chi connectivity index (χ0n) is 20.8. The molecule has 3 heterocycles. The van der Waals surface area contributed by atoms with Gasteiger partial charge in [0.05, 0.1) is 5.69 Å². The first-order valence-corrected chi connectivity index (χ1v) is 12.2. The van der Waals surface area contributed by atoms with Crippen LogP contribution in [0.4, 0.5) is 0 Å². The van der Waals surface area contributed by atoms with Crippen LogP contribution in [0.2, 0.25) is 0 Å². The molecule has 2 aromatic heterocycles. The van der Waals surface area contributed by atoms with Gasteiger partial charge < -0.3 is 4.57 Å². The molecule has 35 heavy (non-hydrogen) atoms. The molecule has 2 aliphatic rings. The highest BCUT2D eigenvalue weighted by atomic mass is 15.7. The highest BCUT2D eigenvalue weighted by molar-refractivity contribution is 5.96. The van der Waals surface area contributed by atoms with E-state index in [1.807, 2.05) is 24.5 Å². The number of fused-ring (bicyclic) bond motifs is 3. The predicted molar refractivity (Wildman–Crippen MR) is 146 cm³/mol. The van der Waals surface area contributed by atoms with Gasteiger partial charge in [-0.05, 0) is 59.7 Å². The highest BCUT2D eigenvalue weighted by Gasteiger charge is 2.17. The summed E-state index contributed by atoms with van der Waals surface area (Å²) in [6.07, 6.45) is 18.6. The SMILES string of the molecule is C=CC(C)C.CC/C(=C\Cn1c(-c2cccnc2)cc2c3c(ccc21)C=CCC=C3)C1N=NNN1. The minimum absolute atomic E-state index is 0.108. The molecule has 1 unspecified atom stereocenters.